The van der Waals surface area contributed by atoms with Crippen LogP contribution in [0.25, 0.3) is 0 Å². The standard InChI is InChI=1S/C20H25ClN6S/c1-13-8-6-7-9-16(13)11-27-15(3)19(14(2)24-27)23-20(28)25(4)12-18-17(21)10-22-26(18)5/h6-10H,11-12H2,1-5H3,(H,23,28). The molecule has 148 valence electrons. The molecular formula is C20H25ClN6S. The molecule has 0 aliphatic rings. The summed E-state index contributed by atoms with van der Waals surface area (Å²) in [7, 11) is 3.80. The number of thiocarbonyl (C=S) groups is 1. The topological polar surface area (TPSA) is 50.9 Å². The number of benzene rings is 1. The molecule has 6 nitrogen and oxygen atoms in total. The van der Waals surface area contributed by atoms with Gasteiger partial charge in [-0.25, -0.2) is 0 Å². The van der Waals surface area contributed by atoms with Crippen molar-refractivity contribution in [3.8, 4) is 0 Å². The van der Waals surface area contributed by atoms with Crippen LogP contribution in [0.4, 0.5) is 5.69 Å². The third-order valence-electron chi connectivity index (χ3n) is 4.94. The number of nitrogens with one attached hydrogen (secondary N) is 1. The van der Waals surface area contributed by atoms with Crippen molar-refractivity contribution < 1.29 is 0 Å². The van der Waals surface area contributed by atoms with Crippen molar-refractivity contribution in [2.24, 2.45) is 7.05 Å². The van der Waals surface area contributed by atoms with Gasteiger partial charge in [0.15, 0.2) is 5.11 Å². The molecule has 0 bridgehead atoms. The summed E-state index contributed by atoms with van der Waals surface area (Å²) in [6.07, 6.45) is 1.64. The van der Waals surface area contributed by atoms with E-state index in [0.717, 1.165) is 29.3 Å². The lowest BCUT2D eigenvalue weighted by Crippen LogP contribution is -2.31. The van der Waals surface area contributed by atoms with E-state index in [2.05, 4.69) is 48.5 Å². The highest BCUT2D eigenvalue weighted by Gasteiger charge is 2.17. The van der Waals surface area contributed by atoms with Crippen LogP contribution in [0.3, 0.4) is 0 Å². The molecule has 1 aromatic carbocycles. The average Bonchev–Trinajstić information content (AvgIpc) is 3.11. The number of aromatic nitrogens is 4. The van der Waals surface area contributed by atoms with Crippen LogP contribution in [0.2, 0.25) is 5.02 Å². The number of halogens is 1. The van der Waals surface area contributed by atoms with Gasteiger partial charge in [-0.05, 0) is 44.1 Å². The van der Waals surface area contributed by atoms with E-state index in [4.69, 9.17) is 28.9 Å². The molecule has 0 radical (unpaired) electrons. The highest BCUT2D eigenvalue weighted by molar-refractivity contribution is 7.80. The molecule has 3 aromatic rings. The quantitative estimate of drug-likeness (QED) is 0.635. The molecule has 0 spiro atoms. The van der Waals surface area contributed by atoms with Crippen molar-refractivity contribution in [1.29, 1.82) is 0 Å². The second kappa shape index (κ2) is 8.32. The van der Waals surface area contributed by atoms with E-state index in [1.807, 2.05) is 30.6 Å². The molecule has 8 heteroatoms. The lowest BCUT2D eigenvalue weighted by Gasteiger charge is -2.21. The first-order chi connectivity index (χ1) is 13.3. The molecule has 2 heterocycles. The maximum absolute atomic E-state index is 6.21. The van der Waals surface area contributed by atoms with Crippen LogP contribution in [-0.2, 0) is 20.1 Å². The molecular weight excluding hydrogens is 392 g/mol. The second-order valence-corrected chi connectivity index (χ2v) is 7.77. The predicted octanol–water partition coefficient (Wildman–Crippen LogP) is 4.07. The fourth-order valence-electron chi connectivity index (χ4n) is 3.09. The average molecular weight is 417 g/mol. The molecule has 1 N–H and O–H groups in total. The van der Waals surface area contributed by atoms with Crippen LogP contribution < -0.4 is 5.32 Å². The van der Waals surface area contributed by atoms with Gasteiger partial charge in [0.05, 0.1) is 47.1 Å². The second-order valence-electron chi connectivity index (χ2n) is 6.98. The highest BCUT2D eigenvalue weighted by Crippen LogP contribution is 2.22. The zero-order chi connectivity index (χ0) is 20.4. The smallest absolute Gasteiger partial charge is 0.173 e. The fourth-order valence-corrected chi connectivity index (χ4v) is 3.49. The van der Waals surface area contributed by atoms with Crippen LogP contribution in [-0.4, -0.2) is 36.6 Å². The zero-order valence-corrected chi connectivity index (χ0v) is 18.4. The monoisotopic (exact) mass is 416 g/mol. The Bertz CT molecular complexity index is 987. The SMILES string of the molecule is Cc1ccccc1Cn1nc(C)c(NC(=S)N(C)Cc2c(Cl)cnn2C)c1C. The molecule has 0 saturated carbocycles. The van der Waals surface area contributed by atoms with E-state index in [0.29, 0.717) is 16.7 Å². The molecule has 2 aromatic heterocycles. The van der Waals surface area contributed by atoms with E-state index >= 15 is 0 Å². The molecule has 0 amide bonds. The number of hydrogen-bond donors (Lipinski definition) is 1. The molecule has 0 atom stereocenters. The van der Waals surface area contributed by atoms with Crippen molar-refractivity contribution in [3.05, 3.63) is 63.7 Å². The highest BCUT2D eigenvalue weighted by atomic mass is 35.5. The van der Waals surface area contributed by atoms with Crippen LogP contribution in [0.1, 0.15) is 28.2 Å². The Morgan fingerprint density at radius 3 is 2.61 bits per heavy atom. The summed E-state index contributed by atoms with van der Waals surface area (Å²) in [6, 6.07) is 8.36. The Balaban J connectivity index is 1.74. The zero-order valence-electron chi connectivity index (χ0n) is 16.8. The minimum absolute atomic E-state index is 0.566. The van der Waals surface area contributed by atoms with Crippen molar-refractivity contribution in [3.63, 3.8) is 0 Å². The molecule has 0 aliphatic heterocycles. The summed E-state index contributed by atoms with van der Waals surface area (Å²) < 4.78 is 3.78. The third kappa shape index (κ3) is 4.20. The van der Waals surface area contributed by atoms with Crippen molar-refractivity contribution in [2.75, 3.05) is 12.4 Å². The number of anilines is 1. The Morgan fingerprint density at radius 2 is 1.96 bits per heavy atom. The number of rotatable bonds is 5. The molecule has 28 heavy (non-hydrogen) atoms. The van der Waals surface area contributed by atoms with E-state index in [1.165, 1.54) is 11.1 Å². The summed E-state index contributed by atoms with van der Waals surface area (Å²) in [5.74, 6) is 0. The van der Waals surface area contributed by atoms with Crippen molar-refractivity contribution in [1.82, 2.24) is 24.5 Å². The van der Waals surface area contributed by atoms with Gasteiger partial charge in [-0.15, -0.1) is 0 Å². The van der Waals surface area contributed by atoms with Crippen LogP contribution >= 0.6 is 23.8 Å². The Labute approximate surface area is 176 Å². The summed E-state index contributed by atoms with van der Waals surface area (Å²) in [6.45, 7) is 7.46. The lowest BCUT2D eigenvalue weighted by molar-refractivity contribution is 0.482. The Kier molecular flexibility index (Phi) is 6.05. The van der Waals surface area contributed by atoms with Crippen molar-refractivity contribution in [2.45, 2.75) is 33.9 Å². The van der Waals surface area contributed by atoms with E-state index < -0.39 is 0 Å². The Morgan fingerprint density at radius 1 is 1.25 bits per heavy atom. The first-order valence-electron chi connectivity index (χ1n) is 9.05. The van der Waals surface area contributed by atoms with Gasteiger partial charge in [-0.2, -0.15) is 10.2 Å². The molecule has 0 fully saturated rings. The van der Waals surface area contributed by atoms with Crippen molar-refractivity contribution >= 4 is 34.6 Å². The van der Waals surface area contributed by atoms with Gasteiger partial charge < -0.3 is 10.2 Å². The van der Waals surface area contributed by atoms with Gasteiger partial charge in [0.1, 0.15) is 0 Å². The van der Waals surface area contributed by atoms with Gasteiger partial charge in [0.25, 0.3) is 0 Å². The Hall–Kier alpha value is -2.38. The van der Waals surface area contributed by atoms with Gasteiger partial charge in [0.2, 0.25) is 0 Å². The number of hydrogen-bond acceptors (Lipinski definition) is 3. The summed E-state index contributed by atoms with van der Waals surface area (Å²) >= 11 is 11.8. The van der Waals surface area contributed by atoms with E-state index in [-0.39, 0.29) is 0 Å². The van der Waals surface area contributed by atoms with Gasteiger partial charge in [0, 0.05) is 14.1 Å². The van der Waals surface area contributed by atoms with Crippen LogP contribution in [0, 0.1) is 20.8 Å². The minimum atomic E-state index is 0.566. The maximum Gasteiger partial charge on any atom is 0.173 e. The first-order valence-corrected chi connectivity index (χ1v) is 9.83. The summed E-state index contributed by atoms with van der Waals surface area (Å²) in [4.78, 5) is 1.94. The fraction of sp³-hybridized carbons (Fsp3) is 0.350. The van der Waals surface area contributed by atoms with Crippen LogP contribution in [0.15, 0.2) is 30.5 Å². The predicted molar refractivity (Wildman–Crippen MR) is 118 cm³/mol. The molecule has 0 aliphatic carbocycles. The third-order valence-corrected chi connectivity index (χ3v) is 5.67. The number of aryl methyl sites for hydroxylation is 3. The first kappa shape index (κ1) is 20.4. The van der Waals surface area contributed by atoms with E-state index in [1.54, 1.807) is 10.9 Å². The van der Waals surface area contributed by atoms with Gasteiger partial charge in [-0.3, -0.25) is 9.36 Å². The lowest BCUT2D eigenvalue weighted by atomic mass is 10.1. The minimum Gasteiger partial charge on any atom is -0.346 e. The summed E-state index contributed by atoms with van der Waals surface area (Å²) in [5, 5.41) is 13.5. The molecule has 3 rings (SSSR count). The largest absolute Gasteiger partial charge is 0.346 e. The number of nitrogens with zero attached hydrogens (tertiary/aromatic N) is 5. The summed E-state index contributed by atoms with van der Waals surface area (Å²) in [5.41, 5.74) is 6.34. The molecule has 0 unspecified atom stereocenters. The van der Waals surface area contributed by atoms with Gasteiger partial charge in [-0.1, -0.05) is 35.9 Å². The maximum atomic E-state index is 6.21. The van der Waals surface area contributed by atoms with Crippen LogP contribution in [0.5, 0.6) is 0 Å². The van der Waals surface area contributed by atoms with E-state index in [9.17, 15) is 0 Å². The molecule has 0 saturated heterocycles. The normalized spacial score (nSPS) is 10.9. The van der Waals surface area contributed by atoms with Gasteiger partial charge >= 0.3 is 0 Å².